The molecule has 0 fully saturated rings. The zero-order chi connectivity index (χ0) is 13.1. The number of hydrogen-bond donors (Lipinski definition) is 1. The first-order chi connectivity index (χ1) is 8.56. The molecular formula is C13H9Cl2FIN. The number of hydrogen-bond acceptors (Lipinski definition) is 1. The van der Waals surface area contributed by atoms with E-state index < -0.39 is 0 Å². The third kappa shape index (κ3) is 3.49. The van der Waals surface area contributed by atoms with Crippen molar-refractivity contribution in [3.05, 3.63) is 61.4 Å². The minimum atomic E-state index is -0.307. The second-order valence-corrected chi connectivity index (χ2v) is 5.75. The second-order valence-electron chi connectivity index (χ2n) is 3.71. The summed E-state index contributed by atoms with van der Waals surface area (Å²) in [6.07, 6.45) is 0. The summed E-state index contributed by atoms with van der Waals surface area (Å²) in [6, 6.07) is 10.2. The predicted octanol–water partition coefficient (Wildman–Crippen LogP) is 5.35. The van der Waals surface area contributed by atoms with E-state index in [9.17, 15) is 4.39 Å². The summed E-state index contributed by atoms with van der Waals surface area (Å²) >= 11 is 13.8. The van der Waals surface area contributed by atoms with Gasteiger partial charge in [-0.2, -0.15) is 0 Å². The summed E-state index contributed by atoms with van der Waals surface area (Å²) < 4.78 is 14.6. The lowest BCUT2D eigenvalue weighted by atomic mass is 10.2. The van der Waals surface area contributed by atoms with Gasteiger partial charge in [-0.05, 0) is 52.9 Å². The Kier molecular flexibility index (Phi) is 4.70. The Labute approximate surface area is 128 Å². The van der Waals surface area contributed by atoms with Crippen molar-refractivity contribution in [1.82, 2.24) is 0 Å². The van der Waals surface area contributed by atoms with E-state index in [0.29, 0.717) is 22.2 Å². The van der Waals surface area contributed by atoms with Crippen molar-refractivity contribution >= 4 is 51.5 Å². The van der Waals surface area contributed by atoms with Crippen molar-refractivity contribution in [3.8, 4) is 0 Å². The Morgan fingerprint density at radius 2 is 1.72 bits per heavy atom. The molecule has 0 aliphatic rings. The number of halogens is 4. The molecular weight excluding hydrogens is 387 g/mol. The smallest absolute Gasteiger partial charge is 0.129 e. The van der Waals surface area contributed by atoms with E-state index in [2.05, 4.69) is 27.9 Å². The highest BCUT2D eigenvalue weighted by atomic mass is 127. The highest BCUT2D eigenvalue weighted by Gasteiger charge is 2.04. The highest BCUT2D eigenvalue weighted by Crippen LogP contribution is 2.23. The average molecular weight is 396 g/mol. The van der Waals surface area contributed by atoms with Gasteiger partial charge >= 0.3 is 0 Å². The fourth-order valence-electron chi connectivity index (χ4n) is 1.49. The third-order valence-corrected chi connectivity index (χ3v) is 3.78. The predicted molar refractivity (Wildman–Crippen MR) is 82.9 cm³/mol. The van der Waals surface area contributed by atoms with Gasteiger partial charge in [0.05, 0.1) is 0 Å². The maximum atomic E-state index is 13.6. The first-order valence-corrected chi connectivity index (χ1v) is 7.02. The highest BCUT2D eigenvalue weighted by molar-refractivity contribution is 14.1. The average Bonchev–Trinajstić information content (AvgIpc) is 2.30. The largest absolute Gasteiger partial charge is 0.380 e. The van der Waals surface area contributed by atoms with Crippen LogP contribution >= 0.6 is 45.8 Å². The Morgan fingerprint density at radius 3 is 2.39 bits per heavy atom. The van der Waals surface area contributed by atoms with E-state index in [1.807, 2.05) is 12.1 Å². The quantitative estimate of drug-likeness (QED) is 0.690. The first-order valence-electron chi connectivity index (χ1n) is 5.19. The van der Waals surface area contributed by atoms with Crippen molar-refractivity contribution < 1.29 is 4.39 Å². The molecule has 94 valence electrons. The van der Waals surface area contributed by atoms with Crippen LogP contribution < -0.4 is 5.32 Å². The molecule has 0 atom stereocenters. The fraction of sp³-hybridized carbons (Fsp3) is 0.0769. The van der Waals surface area contributed by atoms with Crippen molar-refractivity contribution in [2.24, 2.45) is 0 Å². The van der Waals surface area contributed by atoms with E-state index in [1.165, 1.54) is 6.07 Å². The molecule has 2 rings (SSSR count). The van der Waals surface area contributed by atoms with Gasteiger partial charge in [0.1, 0.15) is 5.82 Å². The molecule has 0 saturated carbocycles. The zero-order valence-corrected chi connectivity index (χ0v) is 12.9. The summed E-state index contributed by atoms with van der Waals surface area (Å²) in [6.45, 7) is 0.403. The van der Waals surface area contributed by atoms with Gasteiger partial charge < -0.3 is 5.32 Å². The lowest BCUT2D eigenvalue weighted by molar-refractivity contribution is 0.613. The molecule has 0 aromatic heterocycles. The van der Waals surface area contributed by atoms with Gasteiger partial charge in [-0.25, -0.2) is 4.39 Å². The van der Waals surface area contributed by atoms with E-state index in [1.54, 1.807) is 18.2 Å². The van der Waals surface area contributed by atoms with Gasteiger partial charge in [0.15, 0.2) is 0 Å². The van der Waals surface area contributed by atoms with Crippen molar-refractivity contribution in [3.63, 3.8) is 0 Å². The summed E-state index contributed by atoms with van der Waals surface area (Å²) in [4.78, 5) is 0. The van der Waals surface area contributed by atoms with Gasteiger partial charge in [-0.1, -0.05) is 29.3 Å². The van der Waals surface area contributed by atoms with Crippen LogP contribution in [-0.2, 0) is 6.54 Å². The number of benzene rings is 2. The van der Waals surface area contributed by atoms with Gasteiger partial charge in [0, 0.05) is 31.4 Å². The van der Waals surface area contributed by atoms with Gasteiger partial charge in [0.2, 0.25) is 0 Å². The Hall–Kier alpha value is -0.520. The van der Waals surface area contributed by atoms with E-state index in [0.717, 1.165) is 9.26 Å². The minimum absolute atomic E-state index is 0.307. The molecule has 2 aromatic rings. The van der Waals surface area contributed by atoms with Crippen LogP contribution in [0.3, 0.4) is 0 Å². The van der Waals surface area contributed by atoms with Crippen LogP contribution in [0.1, 0.15) is 5.56 Å². The zero-order valence-electron chi connectivity index (χ0n) is 9.18. The molecule has 0 aliphatic carbocycles. The van der Waals surface area contributed by atoms with Crippen LogP contribution in [0.15, 0.2) is 36.4 Å². The van der Waals surface area contributed by atoms with Crippen LogP contribution in [0.4, 0.5) is 10.1 Å². The molecule has 0 radical (unpaired) electrons. The van der Waals surface area contributed by atoms with E-state index in [-0.39, 0.29) is 5.82 Å². The number of anilines is 1. The molecule has 0 saturated heterocycles. The molecule has 0 spiro atoms. The van der Waals surface area contributed by atoms with Crippen LogP contribution in [0.5, 0.6) is 0 Å². The topological polar surface area (TPSA) is 12.0 Å². The van der Waals surface area contributed by atoms with Gasteiger partial charge in [-0.3, -0.25) is 0 Å². The fourth-order valence-corrected chi connectivity index (χ4v) is 2.71. The lowest BCUT2D eigenvalue weighted by Crippen LogP contribution is -2.03. The summed E-state index contributed by atoms with van der Waals surface area (Å²) in [5.41, 5.74) is 1.50. The Bertz CT molecular complexity index is 523. The first kappa shape index (κ1) is 13.9. The normalized spacial score (nSPS) is 10.4. The van der Waals surface area contributed by atoms with Gasteiger partial charge in [-0.15, -0.1) is 0 Å². The number of nitrogens with one attached hydrogen (secondary N) is 1. The van der Waals surface area contributed by atoms with E-state index in [4.69, 9.17) is 23.2 Å². The Morgan fingerprint density at radius 1 is 1.06 bits per heavy atom. The van der Waals surface area contributed by atoms with Crippen LogP contribution in [0.25, 0.3) is 0 Å². The van der Waals surface area contributed by atoms with Crippen LogP contribution in [0, 0.1) is 9.39 Å². The molecule has 0 heterocycles. The lowest BCUT2D eigenvalue weighted by Gasteiger charge is -2.09. The van der Waals surface area contributed by atoms with Crippen molar-refractivity contribution in [2.45, 2.75) is 6.54 Å². The molecule has 0 aliphatic heterocycles. The monoisotopic (exact) mass is 395 g/mol. The summed E-state index contributed by atoms with van der Waals surface area (Å²) in [5.74, 6) is -0.307. The molecule has 0 amide bonds. The molecule has 0 bridgehead atoms. The van der Waals surface area contributed by atoms with Crippen molar-refractivity contribution in [1.29, 1.82) is 0 Å². The Balaban J connectivity index is 2.11. The molecule has 2 aromatic carbocycles. The summed E-state index contributed by atoms with van der Waals surface area (Å²) in [7, 11) is 0. The summed E-state index contributed by atoms with van der Waals surface area (Å²) in [5, 5.41) is 4.25. The third-order valence-electron chi connectivity index (χ3n) is 2.42. The van der Waals surface area contributed by atoms with Crippen LogP contribution in [-0.4, -0.2) is 0 Å². The SMILES string of the molecule is Fc1cc(Cl)ccc1CNc1ccc(Cl)cc1I. The van der Waals surface area contributed by atoms with Gasteiger partial charge in [0.25, 0.3) is 0 Å². The molecule has 1 nitrogen and oxygen atoms in total. The molecule has 18 heavy (non-hydrogen) atoms. The van der Waals surface area contributed by atoms with Crippen molar-refractivity contribution in [2.75, 3.05) is 5.32 Å². The number of rotatable bonds is 3. The second kappa shape index (κ2) is 6.08. The molecule has 5 heteroatoms. The minimum Gasteiger partial charge on any atom is -0.380 e. The van der Waals surface area contributed by atoms with Crippen LogP contribution in [0.2, 0.25) is 10.0 Å². The molecule has 0 unspecified atom stereocenters. The maximum absolute atomic E-state index is 13.6. The van der Waals surface area contributed by atoms with E-state index >= 15 is 0 Å². The molecule has 1 N–H and O–H groups in total. The maximum Gasteiger partial charge on any atom is 0.129 e. The standard InChI is InChI=1S/C13H9Cl2FIN/c14-9-2-1-8(11(16)5-9)7-18-13-4-3-10(15)6-12(13)17/h1-6,18H,7H2.